The van der Waals surface area contributed by atoms with Gasteiger partial charge in [-0.1, -0.05) is 140 Å². The molecule has 33 heavy (non-hydrogen) atoms. The highest BCUT2D eigenvalue weighted by Gasteiger charge is 2.25. The normalized spacial score (nSPS) is 15.6. The smallest absolute Gasteiger partial charge is 0.105 e. The second-order valence-electron chi connectivity index (χ2n) is 10.2. The summed E-state index contributed by atoms with van der Waals surface area (Å²) in [6, 6.07) is 11.1. The Kier molecular flexibility index (Phi) is 15.9. The zero-order valence-corrected chi connectivity index (χ0v) is 22.2. The SMILES string of the molecule is CCCCCCCCCCCCN1C=CN(CCCCCCCCC)C1Cc1ccccc1. The fourth-order valence-corrected chi connectivity index (χ4v) is 5.10. The molecule has 0 fully saturated rings. The van der Waals surface area contributed by atoms with Crippen LogP contribution >= 0.6 is 0 Å². The first-order chi connectivity index (χ1) is 16.3. The number of unbranched alkanes of at least 4 members (excludes halogenated alkanes) is 15. The Bertz CT molecular complexity index is 582. The molecule has 0 N–H and O–H groups in total. The zero-order valence-electron chi connectivity index (χ0n) is 22.2. The summed E-state index contributed by atoms with van der Waals surface area (Å²) in [6.07, 6.45) is 30.2. The molecular formula is C31H54N2. The van der Waals surface area contributed by atoms with Crippen LogP contribution in [-0.2, 0) is 6.42 Å². The van der Waals surface area contributed by atoms with Crippen molar-refractivity contribution in [3.63, 3.8) is 0 Å². The third-order valence-electron chi connectivity index (χ3n) is 7.27. The van der Waals surface area contributed by atoms with Gasteiger partial charge in [0.2, 0.25) is 0 Å². The lowest BCUT2D eigenvalue weighted by Gasteiger charge is -2.33. The van der Waals surface area contributed by atoms with Crippen molar-refractivity contribution in [3.05, 3.63) is 48.3 Å². The Labute approximate surface area is 206 Å². The number of hydrogen-bond acceptors (Lipinski definition) is 2. The van der Waals surface area contributed by atoms with Gasteiger partial charge in [0.05, 0.1) is 0 Å². The molecule has 1 aromatic rings. The average Bonchev–Trinajstić information content (AvgIpc) is 3.21. The van der Waals surface area contributed by atoms with E-state index in [-0.39, 0.29) is 0 Å². The Morgan fingerprint density at radius 2 is 0.909 bits per heavy atom. The van der Waals surface area contributed by atoms with Gasteiger partial charge in [-0.05, 0) is 18.4 Å². The van der Waals surface area contributed by atoms with Crippen molar-refractivity contribution >= 4 is 0 Å². The van der Waals surface area contributed by atoms with Crippen LogP contribution in [0.1, 0.15) is 129 Å². The molecular weight excluding hydrogens is 400 g/mol. The van der Waals surface area contributed by atoms with Crippen molar-refractivity contribution in [2.45, 2.75) is 136 Å². The van der Waals surface area contributed by atoms with Crippen molar-refractivity contribution < 1.29 is 0 Å². The van der Waals surface area contributed by atoms with E-state index in [0.29, 0.717) is 6.17 Å². The monoisotopic (exact) mass is 454 g/mol. The Morgan fingerprint density at radius 1 is 0.515 bits per heavy atom. The maximum atomic E-state index is 2.62. The van der Waals surface area contributed by atoms with Crippen LogP contribution in [0.4, 0.5) is 0 Å². The van der Waals surface area contributed by atoms with Gasteiger partial charge >= 0.3 is 0 Å². The fraction of sp³-hybridized carbons (Fsp3) is 0.742. The van der Waals surface area contributed by atoms with Crippen molar-refractivity contribution in [1.82, 2.24) is 9.80 Å². The highest BCUT2D eigenvalue weighted by Crippen LogP contribution is 2.22. The van der Waals surface area contributed by atoms with Crippen LogP contribution in [0.25, 0.3) is 0 Å². The average molecular weight is 455 g/mol. The van der Waals surface area contributed by atoms with Gasteiger partial charge in [0.25, 0.3) is 0 Å². The van der Waals surface area contributed by atoms with E-state index in [0.717, 1.165) is 6.42 Å². The van der Waals surface area contributed by atoms with Crippen molar-refractivity contribution in [2.75, 3.05) is 13.1 Å². The summed E-state index contributed by atoms with van der Waals surface area (Å²) >= 11 is 0. The van der Waals surface area contributed by atoms with Crippen molar-refractivity contribution in [3.8, 4) is 0 Å². The third-order valence-corrected chi connectivity index (χ3v) is 7.27. The molecule has 1 aliphatic rings. The number of hydrogen-bond donors (Lipinski definition) is 0. The van der Waals surface area contributed by atoms with Gasteiger partial charge < -0.3 is 9.80 Å². The summed E-state index contributed by atoms with van der Waals surface area (Å²) in [5.41, 5.74) is 1.46. The minimum atomic E-state index is 0.506. The first kappa shape index (κ1) is 27.8. The van der Waals surface area contributed by atoms with Crippen LogP contribution in [0.15, 0.2) is 42.7 Å². The van der Waals surface area contributed by atoms with Gasteiger partial charge in [-0.25, -0.2) is 0 Å². The predicted molar refractivity (Wildman–Crippen MR) is 146 cm³/mol. The molecule has 1 atom stereocenters. The summed E-state index contributed by atoms with van der Waals surface area (Å²) < 4.78 is 0. The van der Waals surface area contributed by atoms with E-state index in [9.17, 15) is 0 Å². The lowest BCUT2D eigenvalue weighted by molar-refractivity contribution is 0.148. The molecule has 2 nitrogen and oxygen atoms in total. The number of benzene rings is 1. The minimum absolute atomic E-state index is 0.506. The fourth-order valence-electron chi connectivity index (χ4n) is 5.10. The van der Waals surface area contributed by atoms with Gasteiger partial charge in [0.1, 0.15) is 6.17 Å². The Balaban J connectivity index is 1.67. The quantitative estimate of drug-likeness (QED) is 0.171. The lowest BCUT2D eigenvalue weighted by Crippen LogP contribution is -2.41. The largest absolute Gasteiger partial charge is 0.356 e. The van der Waals surface area contributed by atoms with Gasteiger partial charge in [-0.2, -0.15) is 0 Å². The molecule has 1 heterocycles. The minimum Gasteiger partial charge on any atom is -0.356 e. The Hall–Kier alpha value is -1.44. The van der Waals surface area contributed by atoms with Crippen LogP contribution in [-0.4, -0.2) is 29.1 Å². The molecule has 0 saturated carbocycles. The molecule has 2 rings (SSSR count). The van der Waals surface area contributed by atoms with Crippen LogP contribution in [0, 0.1) is 0 Å². The first-order valence-electron chi connectivity index (χ1n) is 14.6. The first-order valence-corrected chi connectivity index (χ1v) is 14.6. The summed E-state index contributed by atoms with van der Waals surface area (Å²) in [5.74, 6) is 0. The molecule has 0 radical (unpaired) electrons. The molecule has 0 spiro atoms. The van der Waals surface area contributed by atoms with Crippen LogP contribution in [0.2, 0.25) is 0 Å². The third kappa shape index (κ3) is 12.6. The van der Waals surface area contributed by atoms with E-state index < -0.39 is 0 Å². The highest BCUT2D eigenvalue weighted by molar-refractivity contribution is 5.17. The molecule has 1 aromatic carbocycles. The maximum Gasteiger partial charge on any atom is 0.105 e. The second-order valence-corrected chi connectivity index (χ2v) is 10.2. The summed E-state index contributed by atoms with van der Waals surface area (Å²) in [6.45, 7) is 7.01. The Morgan fingerprint density at radius 3 is 1.33 bits per heavy atom. The molecule has 2 heteroatoms. The second kappa shape index (κ2) is 18.9. The maximum absolute atomic E-state index is 2.62. The van der Waals surface area contributed by atoms with Crippen LogP contribution < -0.4 is 0 Å². The molecule has 0 saturated heterocycles. The summed E-state index contributed by atoms with van der Waals surface area (Å²) in [5, 5.41) is 0. The number of nitrogens with zero attached hydrogens (tertiary/aromatic N) is 2. The van der Waals surface area contributed by atoms with E-state index in [1.165, 1.54) is 128 Å². The molecule has 0 aliphatic carbocycles. The van der Waals surface area contributed by atoms with E-state index >= 15 is 0 Å². The van der Waals surface area contributed by atoms with Gasteiger partial charge in [0.15, 0.2) is 0 Å². The van der Waals surface area contributed by atoms with Gasteiger partial charge in [-0.15, -0.1) is 0 Å². The van der Waals surface area contributed by atoms with Crippen LogP contribution in [0.5, 0.6) is 0 Å². The molecule has 1 unspecified atom stereocenters. The lowest BCUT2D eigenvalue weighted by atomic mass is 10.1. The van der Waals surface area contributed by atoms with E-state index in [4.69, 9.17) is 0 Å². The van der Waals surface area contributed by atoms with Gasteiger partial charge in [-0.3, -0.25) is 0 Å². The summed E-state index contributed by atoms with van der Waals surface area (Å²) in [7, 11) is 0. The standard InChI is InChI=1S/C31H54N2/c1-3-5-7-9-11-12-13-15-17-22-26-33-28-27-32(25-21-16-14-10-8-6-4-2)31(33)29-30-23-19-18-20-24-30/h18-20,23-24,27-28,31H,3-17,21-22,25-26,29H2,1-2H3. The van der Waals surface area contributed by atoms with Gasteiger partial charge in [0, 0.05) is 31.9 Å². The topological polar surface area (TPSA) is 6.48 Å². The number of rotatable bonds is 21. The van der Waals surface area contributed by atoms with Crippen molar-refractivity contribution in [1.29, 1.82) is 0 Å². The van der Waals surface area contributed by atoms with E-state index in [1.54, 1.807) is 0 Å². The molecule has 0 amide bonds. The van der Waals surface area contributed by atoms with Crippen LogP contribution in [0.3, 0.4) is 0 Å². The predicted octanol–water partition coefficient (Wildman–Crippen LogP) is 9.32. The molecule has 0 aromatic heterocycles. The van der Waals surface area contributed by atoms with E-state index in [2.05, 4.69) is 66.4 Å². The molecule has 1 aliphatic heterocycles. The highest BCUT2D eigenvalue weighted by atomic mass is 15.4. The van der Waals surface area contributed by atoms with Crippen molar-refractivity contribution in [2.24, 2.45) is 0 Å². The molecule has 0 bridgehead atoms. The molecule has 188 valence electrons. The zero-order chi connectivity index (χ0) is 23.4. The van der Waals surface area contributed by atoms with E-state index in [1.807, 2.05) is 0 Å². The summed E-state index contributed by atoms with van der Waals surface area (Å²) in [4.78, 5) is 5.24.